The number of nitrogens with one attached hydrogen (secondary N) is 2. The van der Waals surface area contributed by atoms with E-state index in [1.54, 1.807) is 20.3 Å². The van der Waals surface area contributed by atoms with Crippen molar-refractivity contribution in [1.29, 1.82) is 0 Å². The van der Waals surface area contributed by atoms with E-state index >= 15 is 0 Å². The smallest absolute Gasteiger partial charge is 0.270 e. The number of benzene rings is 2. The van der Waals surface area contributed by atoms with E-state index in [4.69, 9.17) is 9.47 Å². The molecule has 0 saturated heterocycles. The topological polar surface area (TPSA) is 85.4 Å². The summed E-state index contributed by atoms with van der Waals surface area (Å²) >= 11 is 0. The van der Waals surface area contributed by atoms with E-state index in [1.807, 2.05) is 48.5 Å². The van der Waals surface area contributed by atoms with Crippen LogP contribution in [0.3, 0.4) is 0 Å². The normalized spacial score (nSPS) is 10.3. The maximum Gasteiger partial charge on any atom is 0.270 e. The fourth-order valence-corrected chi connectivity index (χ4v) is 2.82. The Labute approximate surface area is 170 Å². The van der Waals surface area contributed by atoms with Crippen LogP contribution in [0.2, 0.25) is 0 Å². The summed E-state index contributed by atoms with van der Waals surface area (Å²) in [4.78, 5) is 20.6. The van der Waals surface area contributed by atoms with E-state index in [0.717, 1.165) is 17.5 Å². The van der Waals surface area contributed by atoms with Gasteiger partial charge < -0.3 is 20.1 Å². The Kier molecular flexibility index (Phi) is 7.00. The van der Waals surface area contributed by atoms with Crippen LogP contribution < -0.4 is 20.1 Å². The Morgan fingerprint density at radius 2 is 1.72 bits per heavy atom. The Hall–Kier alpha value is -3.61. The van der Waals surface area contributed by atoms with E-state index in [0.29, 0.717) is 36.1 Å². The fraction of sp³-hybridized carbons (Fsp3) is 0.227. The first-order valence-corrected chi connectivity index (χ1v) is 9.28. The van der Waals surface area contributed by atoms with Crippen molar-refractivity contribution in [2.45, 2.75) is 13.0 Å². The predicted octanol–water partition coefficient (Wildman–Crippen LogP) is 3.08. The van der Waals surface area contributed by atoms with Crippen molar-refractivity contribution in [3.63, 3.8) is 0 Å². The molecule has 0 fully saturated rings. The molecule has 0 bridgehead atoms. The van der Waals surface area contributed by atoms with Gasteiger partial charge in [-0.3, -0.25) is 4.79 Å². The van der Waals surface area contributed by atoms with Gasteiger partial charge >= 0.3 is 0 Å². The lowest BCUT2D eigenvalue weighted by atomic mass is 10.1. The van der Waals surface area contributed by atoms with Crippen LogP contribution in [0, 0.1) is 0 Å². The molecular weight excluding hydrogens is 368 g/mol. The second-order valence-electron chi connectivity index (χ2n) is 6.32. The maximum absolute atomic E-state index is 12.3. The first-order chi connectivity index (χ1) is 14.2. The molecule has 2 N–H and O–H groups in total. The molecule has 0 aliphatic carbocycles. The number of aromatic nitrogens is 2. The molecule has 7 nitrogen and oxygen atoms in total. The molecule has 150 valence electrons. The first kappa shape index (κ1) is 20.1. The summed E-state index contributed by atoms with van der Waals surface area (Å²) in [7, 11) is 3.23. The summed E-state index contributed by atoms with van der Waals surface area (Å²) in [5, 5.41) is 6.09. The number of carbonyl (C=O) groups is 1. The van der Waals surface area contributed by atoms with Gasteiger partial charge in [-0.2, -0.15) is 0 Å². The molecule has 0 atom stereocenters. The van der Waals surface area contributed by atoms with E-state index in [2.05, 4.69) is 20.6 Å². The second-order valence-corrected chi connectivity index (χ2v) is 6.32. The Bertz CT molecular complexity index is 948. The quantitative estimate of drug-likeness (QED) is 0.582. The van der Waals surface area contributed by atoms with E-state index in [-0.39, 0.29) is 5.91 Å². The van der Waals surface area contributed by atoms with Gasteiger partial charge in [-0.25, -0.2) is 9.97 Å². The third-order valence-corrected chi connectivity index (χ3v) is 4.36. The highest BCUT2D eigenvalue weighted by Crippen LogP contribution is 2.27. The van der Waals surface area contributed by atoms with Crippen molar-refractivity contribution in [2.75, 3.05) is 26.1 Å². The first-order valence-electron chi connectivity index (χ1n) is 9.28. The summed E-state index contributed by atoms with van der Waals surface area (Å²) in [6.07, 6.45) is 2.15. The number of carbonyl (C=O) groups excluding carboxylic acids is 1. The lowest BCUT2D eigenvalue weighted by Gasteiger charge is -2.10. The molecule has 0 aliphatic rings. The summed E-state index contributed by atoms with van der Waals surface area (Å²) in [6, 6.07) is 17.2. The van der Waals surface area contributed by atoms with Crippen LogP contribution in [0.4, 0.5) is 5.82 Å². The molecule has 0 radical (unpaired) electrons. The van der Waals surface area contributed by atoms with Crippen molar-refractivity contribution >= 4 is 11.7 Å². The van der Waals surface area contributed by atoms with E-state index in [9.17, 15) is 4.79 Å². The van der Waals surface area contributed by atoms with Crippen LogP contribution in [0.5, 0.6) is 11.5 Å². The number of ether oxygens (including phenoxy) is 2. The number of anilines is 1. The van der Waals surface area contributed by atoms with Crippen LogP contribution in [-0.4, -0.2) is 36.6 Å². The Balaban J connectivity index is 1.54. The Morgan fingerprint density at radius 1 is 0.931 bits per heavy atom. The zero-order valence-corrected chi connectivity index (χ0v) is 16.5. The third-order valence-electron chi connectivity index (χ3n) is 4.36. The molecule has 0 aliphatic heterocycles. The minimum absolute atomic E-state index is 0.237. The van der Waals surface area contributed by atoms with Gasteiger partial charge in [-0.05, 0) is 29.7 Å². The summed E-state index contributed by atoms with van der Waals surface area (Å²) in [5.41, 5.74) is 2.46. The average Bonchev–Trinajstić information content (AvgIpc) is 2.78. The molecule has 1 aromatic heterocycles. The predicted molar refractivity (Wildman–Crippen MR) is 111 cm³/mol. The number of hydrogen-bond acceptors (Lipinski definition) is 6. The monoisotopic (exact) mass is 392 g/mol. The third kappa shape index (κ3) is 5.68. The molecule has 1 amide bonds. The molecule has 7 heteroatoms. The molecular formula is C22H24N4O3. The van der Waals surface area contributed by atoms with Gasteiger partial charge in [-0.15, -0.1) is 0 Å². The van der Waals surface area contributed by atoms with Crippen LogP contribution in [0.15, 0.2) is 60.9 Å². The van der Waals surface area contributed by atoms with Crippen LogP contribution in [-0.2, 0) is 13.0 Å². The average molecular weight is 392 g/mol. The molecule has 1 heterocycles. The van der Waals surface area contributed by atoms with Gasteiger partial charge in [0.25, 0.3) is 5.91 Å². The highest BCUT2D eigenvalue weighted by molar-refractivity contribution is 5.92. The van der Waals surface area contributed by atoms with Gasteiger partial charge in [0.1, 0.15) is 17.8 Å². The highest BCUT2D eigenvalue weighted by atomic mass is 16.5. The van der Waals surface area contributed by atoms with Crippen molar-refractivity contribution in [3.05, 3.63) is 77.7 Å². The van der Waals surface area contributed by atoms with E-state index < -0.39 is 0 Å². The van der Waals surface area contributed by atoms with Crippen molar-refractivity contribution in [3.8, 4) is 11.5 Å². The number of methoxy groups -OCH3 is 2. The number of nitrogens with zero attached hydrogens (tertiary/aromatic N) is 2. The molecule has 2 aromatic carbocycles. The highest BCUT2D eigenvalue weighted by Gasteiger charge is 2.09. The molecule has 3 aromatic rings. The summed E-state index contributed by atoms with van der Waals surface area (Å²) in [5.74, 6) is 1.76. The summed E-state index contributed by atoms with van der Waals surface area (Å²) < 4.78 is 10.6. The number of rotatable bonds is 9. The second kappa shape index (κ2) is 10.1. The maximum atomic E-state index is 12.3. The van der Waals surface area contributed by atoms with Crippen molar-refractivity contribution in [1.82, 2.24) is 15.3 Å². The zero-order chi connectivity index (χ0) is 20.5. The molecule has 0 saturated carbocycles. The minimum Gasteiger partial charge on any atom is -0.493 e. The largest absolute Gasteiger partial charge is 0.493 e. The summed E-state index contributed by atoms with van der Waals surface area (Å²) in [6.45, 7) is 1.10. The van der Waals surface area contributed by atoms with Gasteiger partial charge in [-0.1, -0.05) is 36.4 Å². The minimum atomic E-state index is -0.237. The van der Waals surface area contributed by atoms with Gasteiger partial charge in [0.05, 0.1) is 14.2 Å². The molecule has 3 rings (SSSR count). The van der Waals surface area contributed by atoms with E-state index in [1.165, 1.54) is 6.33 Å². The fourth-order valence-electron chi connectivity index (χ4n) is 2.82. The molecule has 0 spiro atoms. The Morgan fingerprint density at radius 3 is 2.48 bits per heavy atom. The lowest BCUT2D eigenvalue weighted by Crippen LogP contribution is -2.24. The SMILES string of the molecule is COc1ccc(CCNc2cc(C(=O)NCc3ccccc3)ncn2)cc1OC. The van der Waals surface area contributed by atoms with Crippen LogP contribution >= 0.6 is 0 Å². The number of amides is 1. The van der Waals surface area contributed by atoms with Crippen LogP contribution in [0.1, 0.15) is 21.6 Å². The van der Waals surface area contributed by atoms with Gasteiger partial charge in [0.2, 0.25) is 0 Å². The van der Waals surface area contributed by atoms with Gasteiger partial charge in [0, 0.05) is 19.2 Å². The zero-order valence-electron chi connectivity index (χ0n) is 16.5. The van der Waals surface area contributed by atoms with Gasteiger partial charge in [0.15, 0.2) is 11.5 Å². The standard InChI is InChI=1S/C22H24N4O3/c1-28-19-9-8-16(12-20(19)29-2)10-11-23-21-13-18(25-15-26-21)22(27)24-14-17-6-4-3-5-7-17/h3-9,12-13,15H,10-11,14H2,1-2H3,(H,24,27)(H,23,25,26). The molecule has 29 heavy (non-hydrogen) atoms. The lowest BCUT2D eigenvalue weighted by molar-refractivity contribution is 0.0946. The van der Waals surface area contributed by atoms with Crippen molar-refractivity contribution < 1.29 is 14.3 Å². The van der Waals surface area contributed by atoms with Crippen molar-refractivity contribution in [2.24, 2.45) is 0 Å². The molecule has 0 unspecified atom stereocenters. The number of hydrogen-bond donors (Lipinski definition) is 2. The van der Waals surface area contributed by atoms with Crippen LogP contribution in [0.25, 0.3) is 0 Å².